The van der Waals surface area contributed by atoms with Crippen LogP contribution in [0.4, 0.5) is 19.0 Å². The van der Waals surface area contributed by atoms with Crippen LogP contribution >= 0.6 is 0 Å². The maximum absolute atomic E-state index is 13.6. The molecule has 0 bridgehead atoms. The highest BCUT2D eigenvalue weighted by Crippen LogP contribution is 2.33. The minimum atomic E-state index is -1.63. The summed E-state index contributed by atoms with van der Waals surface area (Å²) in [5.41, 5.74) is -0.478. The van der Waals surface area contributed by atoms with Gasteiger partial charge in [-0.25, -0.2) is 22.6 Å². The minimum absolute atomic E-state index is 0.105. The number of anilines is 1. The Balaban J connectivity index is 2.04. The number of hydrogen-bond acceptors (Lipinski definition) is 3. The van der Waals surface area contributed by atoms with E-state index in [4.69, 9.17) is 0 Å². The Bertz CT molecular complexity index is 943. The summed E-state index contributed by atoms with van der Waals surface area (Å²) in [6.45, 7) is 5.61. The van der Waals surface area contributed by atoms with Crippen molar-refractivity contribution in [3.8, 4) is 5.69 Å². The summed E-state index contributed by atoms with van der Waals surface area (Å²) in [7, 11) is 0. The molecule has 0 atom stereocenters. The highest BCUT2D eigenvalue weighted by molar-refractivity contribution is 6.01. The van der Waals surface area contributed by atoms with Crippen molar-refractivity contribution in [2.24, 2.45) is 11.8 Å². The third-order valence-corrected chi connectivity index (χ3v) is 5.51. The fourth-order valence-electron chi connectivity index (χ4n) is 3.81. The van der Waals surface area contributed by atoms with Crippen LogP contribution < -0.4 is 4.90 Å². The van der Waals surface area contributed by atoms with Gasteiger partial charge in [0.15, 0.2) is 23.3 Å². The van der Waals surface area contributed by atoms with Crippen LogP contribution in [-0.4, -0.2) is 32.8 Å². The molecule has 1 N–H and O–H groups in total. The van der Waals surface area contributed by atoms with Gasteiger partial charge in [0.2, 0.25) is 5.91 Å². The van der Waals surface area contributed by atoms with Crippen LogP contribution in [0.5, 0.6) is 0 Å². The number of carbonyl (C=O) groups is 2. The van der Waals surface area contributed by atoms with Gasteiger partial charge < -0.3 is 5.11 Å². The van der Waals surface area contributed by atoms with E-state index in [1.54, 1.807) is 13.8 Å². The summed E-state index contributed by atoms with van der Waals surface area (Å²) in [6, 6.07) is 1.04. The number of hydrogen-bond donors (Lipinski definition) is 1. The fraction of sp³-hybridized carbons (Fsp3) is 0.476. The monoisotopic (exact) mass is 423 g/mol. The van der Waals surface area contributed by atoms with Gasteiger partial charge in [-0.2, -0.15) is 0 Å². The molecule has 6 nitrogen and oxygen atoms in total. The molecule has 1 aliphatic carbocycles. The van der Waals surface area contributed by atoms with Crippen LogP contribution in [0.3, 0.4) is 0 Å². The van der Waals surface area contributed by atoms with E-state index in [-0.39, 0.29) is 34.9 Å². The molecule has 2 aromatic rings. The number of carboxylic acids is 1. The van der Waals surface area contributed by atoms with Gasteiger partial charge in [-0.05, 0) is 45.4 Å². The van der Waals surface area contributed by atoms with E-state index in [1.165, 1.54) is 4.90 Å². The molecule has 1 aromatic carbocycles. The van der Waals surface area contributed by atoms with Gasteiger partial charge in [0.25, 0.3) is 0 Å². The van der Waals surface area contributed by atoms with Crippen molar-refractivity contribution in [3.63, 3.8) is 0 Å². The van der Waals surface area contributed by atoms with Crippen LogP contribution in [0, 0.1) is 29.3 Å². The lowest BCUT2D eigenvalue weighted by Gasteiger charge is -2.32. The first-order valence-corrected chi connectivity index (χ1v) is 9.91. The molecule has 1 aromatic heterocycles. The molecule has 162 valence electrons. The van der Waals surface area contributed by atoms with Gasteiger partial charge in [0.05, 0.1) is 5.69 Å². The molecule has 1 saturated carbocycles. The zero-order chi connectivity index (χ0) is 22.2. The molecule has 9 heteroatoms. The number of aromatic carboxylic acids is 1. The summed E-state index contributed by atoms with van der Waals surface area (Å²) in [6.07, 6.45) is 4.31. The number of amides is 1. The molecular weight excluding hydrogens is 399 g/mol. The summed E-state index contributed by atoms with van der Waals surface area (Å²) >= 11 is 0. The summed E-state index contributed by atoms with van der Waals surface area (Å²) < 4.78 is 41.5. The average molecular weight is 423 g/mol. The molecule has 0 aliphatic heterocycles. The number of rotatable bonds is 5. The maximum atomic E-state index is 13.6. The lowest BCUT2D eigenvalue weighted by atomic mass is 9.82. The van der Waals surface area contributed by atoms with Crippen LogP contribution in [0.2, 0.25) is 0 Å². The van der Waals surface area contributed by atoms with Crippen molar-refractivity contribution in [2.75, 3.05) is 4.90 Å². The Kier molecular flexibility index (Phi) is 6.19. The molecule has 0 unspecified atom stereocenters. The number of carbonyl (C=O) groups excluding carboxylic acids is 1. The molecule has 0 radical (unpaired) electrons. The molecule has 1 aliphatic rings. The Morgan fingerprint density at radius 1 is 1.13 bits per heavy atom. The van der Waals surface area contributed by atoms with Crippen molar-refractivity contribution in [2.45, 2.75) is 52.5 Å². The van der Waals surface area contributed by atoms with E-state index in [0.29, 0.717) is 30.9 Å². The fourth-order valence-corrected chi connectivity index (χ4v) is 3.81. The minimum Gasteiger partial charge on any atom is -0.477 e. The zero-order valence-electron chi connectivity index (χ0n) is 17.0. The van der Waals surface area contributed by atoms with E-state index in [2.05, 4.69) is 12.0 Å². The highest BCUT2D eigenvalue weighted by atomic mass is 19.2. The van der Waals surface area contributed by atoms with E-state index >= 15 is 0 Å². The molecule has 1 heterocycles. The van der Waals surface area contributed by atoms with Gasteiger partial charge in [-0.15, -0.1) is 5.10 Å². The largest absolute Gasteiger partial charge is 0.477 e. The number of nitrogens with zero attached hydrogens (tertiary/aromatic N) is 3. The van der Waals surface area contributed by atoms with Crippen molar-refractivity contribution in [1.82, 2.24) is 9.78 Å². The van der Waals surface area contributed by atoms with Gasteiger partial charge in [0, 0.05) is 30.3 Å². The van der Waals surface area contributed by atoms with E-state index in [9.17, 15) is 27.9 Å². The number of benzene rings is 1. The Hall–Kier alpha value is -2.84. The molecule has 30 heavy (non-hydrogen) atoms. The summed E-state index contributed by atoms with van der Waals surface area (Å²) in [4.78, 5) is 26.4. The van der Waals surface area contributed by atoms with Crippen LogP contribution in [0.1, 0.15) is 56.8 Å². The second-order valence-corrected chi connectivity index (χ2v) is 8.10. The summed E-state index contributed by atoms with van der Waals surface area (Å²) in [5.74, 6) is -5.84. The normalized spacial score (nSPS) is 19.2. The Morgan fingerprint density at radius 3 is 2.20 bits per heavy atom. The lowest BCUT2D eigenvalue weighted by molar-refractivity contribution is -0.124. The Morgan fingerprint density at radius 2 is 1.70 bits per heavy atom. The topological polar surface area (TPSA) is 75.4 Å². The van der Waals surface area contributed by atoms with E-state index in [1.807, 2.05) is 0 Å². The number of halogens is 3. The average Bonchev–Trinajstić information content (AvgIpc) is 3.11. The SMILES string of the molecule is CC1CCC(C(=O)N(c2nn(-c3cc(F)c(F)c(F)c3)cc2C(=O)O)C(C)C)CC1. The molecule has 1 amide bonds. The molecule has 0 saturated heterocycles. The highest BCUT2D eigenvalue weighted by Gasteiger charge is 2.34. The van der Waals surface area contributed by atoms with Crippen LogP contribution in [-0.2, 0) is 4.79 Å². The third-order valence-electron chi connectivity index (χ3n) is 5.51. The Labute approximate surface area is 172 Å². The van der Waals surface area contributed by atoms with Gasteiger partial charge in [0.1, 0.15) is 5.56 Å². The van der Waals surface area contributed by atoms with Gasteiger partial charge >= 0.3 is 5.97 Å². The second kappa shape index (κ2) is 8.49. The standard InChI is InChI=1S/C21H24F3N3O3/c1-11(2)27(20(28)13-6-4-12(3)5-7-13)19-15(21(29)30)10-26(25-19)14-8-16(22)18(24)17(23)9-14/h8-13H,4-7H2,1-3H3,(H,29,30). The first-order chi connectivity index (χ1) is 14.1. The summed E-state index contributed by atoms with van der Waals surface area (Å²) in [5, 5.41) is 13.8. The third kappa shape index (κ3) is 4.20. The maximum Gasteiger partial charge on any atom is 0.341 e. The zero-order valence-corrected chi connectivity index (χ0v) is 17.0. The number of carboxylic acid groups (broad SMARTS) is 1. The molecule has 1 fully saturated rings. The molecule has 3 rings (SSSR count). The van der Waals surface area contributed by atoms with Crippen LogP contribution in [0.25, 0.3) is 5.69 Å². The van der Waals surface area contributed by atoms with E-state index < -0.39 is 23.4 Å². The first kappa shape index (κ1) is 21.9. The van der Waals surface area contributed by atoms with Crippen molar-refractivity contribution < 1.29 is 27.9 Å². The van der Waals surface area contributed by atoms with Gasteiger partial charge in [-0.3, -0.25) is 9.69 Å². The van der Waals surface area contributed by atoms with Crippen molar-refractivity contribution in [1.29, 1.82) is 0 Å². The lowest BCUT2D eigenvalue weighted by Crippen LogP contribution is -2.43. The van der Waals surface area contributed by atoms with Crippen molar-refractivity contribution >= 4 is 17.7 Å². The molecule has 0 spiro atoms. The second-order valence-electron chi connectivity index (χ2n) is 8.10. The predicted molar refractivity (Wildman–Crippen MR) is 104 cm³/mol. The van der Waals surface area contributed by atoms with E-state index in [0.717, 1.165) is 23.7 Å². The molecular formula is C21H24F3N3O3. The van der Waals surface area contributed by atoms with Crippen LogP contribution in [0.15, 0.2) is 18.3 Å². The van der Waals surface area contributed by atoms with Gasteiger partial charge in [-0.1, -0.05) is 6.92 Å². The predicted octanol–water partition coefficient (Wildman–Crippen LogP) is 4.56. The smallest absolute Gasteiger partial charge is 0.341 e. The van der Waals surface area contributed by atoms with Crippen molar-refractivity contribution in [3.05, 3.63) is 41.3 Å². The number of aromatic nitrogens is 2. The quantitative estimate of drug-likeness (QED) is 0.716. The first-order valence-electron chi connectivity index (χ1n) is 9.91.